The molecule has 4 nitrogen and oxygen atoms in total. The average molecular weight is 326 g/mol. The van der Waals surface area contributed by atoms with E-state index in [2.05, 4.69) is 39.3 Å². The number of carbonyl (C=O) groups is 1. The summed E-state index contributed by atoms with van der Waals surface area (Å²) in [5.41, 5.74) is 4.67. The molecule has 0 radical (unpaired) electrons. The zero-order chi connectivity index (χ0) is 15.8. The number of hydrogen-bond donors (Lipinski definition) is 2. The number of hydrogen-bond acceptors (Lipinski definition) is 4. The SMILES string of the molecule is CCOC(=O)[C@H]1Cc2c([nH]c3ccccc23)[C@@H](c2ccsc2)N1. The predicted octanol–water partition coefficient (Wildman–Crippen LogP) is 3.40. The number of aromatic amines is 1. The van der Waals surface area contributed by atoms with Crippen LogP contribution in [0, 0.1) is 0 Å². The minimum atomic E-state index is -0.313. The van der Waals surface area contributed by atoms with Crippen LogP contribution in [0.2, 0.25) is 0 Å². The van der Waals surface area contributed by atoms with E-state index in [1.165, 1.54) is 16.5 Å². The Morgan fingerprint density at radius 1 is 1.35 bits per heavy atom. The number of rotatable bonds is 3. The number of nitrogens with one attached hydrogen (secondary N) is 2. The third-order valence-electron chi connectivity index (χ3n) is 4.36. The molecule has 1 aliphatic heterocycles. The standard InChI is InChI=1S/C18H18N2O2S/c1-2-22-18(21)15-9-13-12-5-3-4-6-14(12)19-17(13)16(20-15)11-7-8-23-10-11/h3-8,10,15-16,19-20H,2,9H2,1H3/t15-,16-/m1/s1. The smallest absolute Gasteiger partial charge is 0.323 e. The van der Waals surface area contributed by atoms with Crippen molar-refractivity contribution in [1.29, 1.82) is 0 Å². The van der Waals surface area contributed by atoms with Gasteiger partial charge in [-0.3, -0.25) is 10.1 Å². The number of H-pyrrole nitrogens is 1. The largest absolute Gasteiger partial charge is 0.465 e. The third-order valence-corrected chi connectivity index (χ3v) is 5.06. The first kappa shape index (κ1) is 14.5. The molecule has 3 aromatic rings. The van der Waals surface area contributed by atoms with Gasteiger partial charge in [0.05, 0.1) is 12.6 Å². The van der Waals surface area contributed by atoms with Crippen molar-refractivity contribution in [3.8, 4) is 0 Å². The summed E-state index contributed by atoms with van der Waals surface area (Å²) >= 11 is 1.66. The lowest BCUT2D eigenvalue weighted by Gasteiger charge is -2.29. The maximum absolute atomic E-state index is 12.3. The van der Waals surface area contributed by atoms with E-state index in [9.17, 15) is 4.79 Å². The van der Waals surface area contributed by atoms with Crippen LogP contribution in [0.25, 0.3) is 10.9 Å². The molecule has 0 aliphatic carbocycles. The first-order valence-electron chi connectivity index (χ1n) is 7.82. The Balaban J connectivity index is 1.83. The quantitative estimate of drug-likeness (QED) is 0.725. The van der Waals surface area contributed by atoms with Gasteiger partial charge >= 0.3 is 5.97 Å². The van der Waals surface area contributed by atoms with E-state index in [0.717, 1.165) is 11.2 Å². The summed E-state index contributed by atoms with van der Waals surface area (Å²) in [4.78, 5) is 15.8. The summed E-state index contributed by atoms with van der Waals surface area (Å²) in [7, 11) is 0. The van der Waals surface area contributed by atoms with Gasteiger partial charge in [0.15, 0.2) is 0 Å². The average Bonchev–Trinajstić information content (AvgIpc) is 3.22. The van der Waals surface area contributed by atoms with Crippen LogP contribution in [0.15, 0.2) is 41.1 Å². The van der Waals surface area contributed by atoms with Crippen molar-refractivity contribution in [3.05, 3.63) is 57.9 Å². The van der Waals surface area contributed by atoms with Gasteiger partial charge in [0.2, 0.25) is 0 Å². The molecule has 0 bridgehead atoms. The number of carbonyl (C=O) groups excluding carboxylic acids is 1. The van der Waals surface area contributed by atoms with Crippen molar-refractivity contribution >= 4 is 28.2 Å². The van der Waals surface area contributed by atoms with E-state index in [4.69, 9.17) is 4.74 Å². The Bertz CT molecular complexity index is 838. The van der Waals surface area contributed by atoms with Gasteiger partial charge in [-0.25, -0.2) is 0 Å². The molecular weight excluding hydrogens is 308 g/mol. The number of ether oxygens (including phenoxy) is 1. The highest BCUT2D eigenvalue weighted by Crippen LogP contribution is 2.35. The number of benzene rings is 1. The normalized spacial score (nSPS) is 20.4. The molecule has 2 N–H and O–H groups in total. The maximum atomic E-state index is 12.3. The lowest BCUT2D eigenvalue weighted by Crippen LogP contribution is -2.45. The number of esters is 1. The summed E-state index contributed by atoms with van der Waals surface area (Å²) in [6.07, 6.45) is 0.652. The van der Waals surface area contributed by atoms with Crippen molar-refractivity contribution in [3.63, 3.8) is 0 Å². The molecule has 0 saturated carbocycles. The van der Waals surface area contributed by atoms with Gasteiger partial charge in [0, 0.05) is 23.0 Å². The highest BCUT2D eigenvalue weighted by molar-refractivity contribution is 7.08. The highest BCUT2D eigenvalue weighted by Gasteiger charge is 2.34. The Labute approximate surface area is 138 Å². The van der Waals surface area contributed by atoms with Crippen LogP contribution in [0.1, 0.15) is 29.8 Å². The molecule has 0 saturated heterocycles. The molecule has 0 amide bonds. The van der Waals surface area contributed by atoms with E-state index in [-0.39, 0.29) is 18.1 Å². The Morgan fingerprint density at radius 2 is 2.22 bits per heavy atom. The van der Waals surface area contributed by atoms with Crippen molar-refractivity contribution in [2.45, 2.75) is 25.4 Å². The van der Waals surface area contributed by atoms with Gasteiger partial charge in [0.1, 0.15) is 6.04 Å². The Kier molecular flexibility index (Phi) is 3.67. The van der Waals surface area contributed by atoms with Crippen LogP contribution in [-0.2, 0) is 16.0 Å². The second-order valence-electron chi connectivity index (χ2n) is 5.73. The number of thiophene rings is 1. The van der Waals surface area contributed by atoms with Gasteiger partial charge in [-0.1, -0.05) is 18.2 Å². The molecule has 5 heteroatoms. The fourth-order valence-electron chi connectivity index (χ4n) is 3.33. The van der Waals surface area contributed by atoms with E-state index >= 15 is 0 Å². The van der Waals surface area contributed by atoms with Crippen LogP contribution < -0.4 is 5.32 Å². The van der Waals surface area contributed by atoms with Gasteiger partial charge < -0.3 is 9.72 Å². The lowest BCUT2D eigenvalue weighted by atomic mass is 9.91. The number of aromatic nitrogens is 1. The third kappa shape index (κ3) is 2.46. The van der Waals surface area contributed by atoms with Crippen LogP contribution >= 0.6 is 11.3 Å². The molecule has 0 spiro atoms. The first-order valence-corrected chi connectivity index (χ1v) is 8.76. The van der Waals surface area contributed by atoms with Gasteiger partial charge in [-0.2, -0.15) is 11.3 Å². The second kappa shape index (κ2) is 5.83. The van der Waals surface area contributed by atoms with Crippen molar-refractivity contribution in [1.82, 2.24) is 10.3 Å². The molecule has 0 unspecified atom stereocenters. The van der Waals surface area contributed by atoms with Gasteiger partial charge in [-0.15, -0.1) is 0 Å². The minimum Gasteiger partial charge on any atom is -0.465 e. The van der Waals surface area contributed by atoms with Crippen LogP contribution in [0.4, 0.5) is 0 Å². The van der Waals surface area contributed by atoms with Crippen molar-refractivity contribution < 1.29 is 9.53 Å². The molecule has 1 aliphatic rings. The summed E-state index contributed by atoms with van der Waals surface area (Å²) in [6, 6.07) is 10.0. The summed E-state index contributed by atoms with van der Waals surface area (Å²) in [5, 5.41) is 8.84. The second-order valence-corrected chi connectivity index (χ2v) is 6.51. The predicted molar refractivity (Wildman–Crippen MR) is 91.7 cm³/mol. The molecule has 118 valence electrons. The maximum Gasteiger partial charge on any atom is 0.323 e. The fourth-order valence-corrected chi connectivity index (χ4v) is 4.02. The summed E-state index contributed by atoms with van der Waals surface area (Å²) < 4.78 is 5.24. The molecule has 3 heterocycles. The van der Waals surface area contributed by atoms with E-state index in [1.807, 2.05) is 19.1 Å². The van der Waals surface area contributed by atoms with E-state index in [0.29, 0.717) is 13.0 Å². The molecule has 4 rings (SSSR count). The number of para-hydroxylation sites is 1. The highest BCUT2D eigenvalue weighted by atomic mass is 32.1. The minimum absolute atomic E-state index is 0.00759. The van der Waals surface area contributed by atoms with Crippen LogP contribution in [0.5, 0.6) is 0 Å². The Hall–Kier alpha value is -2.11. The molecule has 2 aromatic heterocycles. The fraction of sp³-hybridized carbons (Fsp3) is 0.278. The zero-order valence-electron chi connectivity index (χ0n) is 12.8. The first-order chi connectivity index (χ1) is 11.3. The summed E-state index contributed by atoms with van der Waals surface area (Å²) in [6.45, 7) is 2.25. The molecule has 2 atom stereocenters. The topological polar surface area (TPSA) is 54.1 Å². The van der Waals surface area contributed by atoms with Crippen LogP contribution in [0.3, 0.4) is 0 Å². The zero-order valence-corrected chi connectivity index (χ0v) is 13.7. The molecule has 1 aromatic carbocycles. The lowest BCUT2D eigenvalue weighted by molar-refractivity contribution is -0.146. The molecule has 0 fully saturated rings. The molecular formula is C18H18N2O2S. The van der Waals surface area contributed by atoms with E-state index < -0.39 is 0 Å². The van der Waals surface area contributed by atoms with Gasteiger partial charge in [0.25, 0.3) is 0 Å². The number of fused-ring (bicyclic) bond motifs is 3. The van der Waals surface area contributed by atoms with E-state index in [1.54, 1.807) is 11.3 Å². The van der Waals surface area contributed by atoms with Crippen LogP contribution in [-0.4, -0.2) is 23.6 Å². The monoisotopic (exact) mass is 326 g/mol. The summed E-state index contributed by atoms with van der Waals surface area (Å²) in [5.74, 6) is -0.177. The van der Waals surface area contributed by atoms with Crippen molar-refractivity contribution in [2.24, 2.45) is 0 Å². The Morgan fingerprint density at radius 3 is 3.00 bits per heavy atom. The molecule has 23 heavy (non-hydrogen) atoms. The van der Waals surface area contributed by atoms with Gasteiger partial charge in [-0.05, 0) is 40.9 Å². The van der Waals surface area contributed by atoms with Crippen molar-refractivity contribution in [2.75, 3.05) is 6.61 Å².